The third-order valence-corrected chi connectivity index (χ3v) is 2.33. The van der Waals surface area contributed by atoms with Crippen molar-refractivity contribution < 1.29 is 9.53 Å². The lowest BCUT2D eigenvalue weighted by atomic mass is 10.1. The molecule has 2 N–H and O–H groups in total. The number of esters is 1. The number of nitrogens with two attached hydrogens (primary N) is 1. The number of hydrogen-bond donors (Lipinski definition) is 1. The summed E-state index contributed by atoms with van der Waals surface area (Å²) in [4.78, 5) is 11.1. The monoisotopic (exact) mass is 233 g/mol. The maximum absolute atomic E-state index is 11.1. The standard InChI is InChI=1S/C9H9Cl2NO2/c1-14-9(13)8(12)6-4-5(10)2-3-7(6)11/h2-4,8H,12H2,1H3/t8-/m0/s1. The van der Waals surface area contributed by atoms with E-state index in [1.165, 1.54) is 7.11 Å². The highest BCUT2D eigenvalue weighted by Crippen LogP contribution is 2.25. The Hall–Kier alpha value is -0.770. The Kier molecular flexibility index (Phi) is 3.75. The molecule has 0 fully saturated rings. The van der Waals surface area contributed by atoms with E-state index in [1.807, 2.05) is 0 Å². The number of carbonyl (C=O) groups is 1. The first-order valence-electron chi connectivity index (χ1n) is 3.84. The Labute approximate surface area is 91.7 Å². The van der Waals surface area contributed by atoms with Crippen LogP contribution in [-0.4, -0.2) is 13.1 Å². The third kappa shape index (κ3) is 2.38. The first-order chi connectivity index (χ1) is 6.56. The first-order valence-corrected chi connectivity index (χ1v) is 4.60. The number of methoxy groups -OCH3 is 1. The fourth-order valence-corrected chi connectivity index (χ4v) is 1.42. The quantitative estimate of drug-likeness (QED) is 0.797. The topological polar surface area (TPSA) is 52.3 Å². The molecule has 0 saturated heterocycles. The fraction of sp³-hybridized carbons (Fsp3) is 0.222. The second-order valence-electron chi connectivity index (χ2n) is 2.67. The Morgan fingerprint density at radius 1 is 1.50 bits per heavy atom. The Bertz CT molecular complexity index is 355. The van der Waals surface area contributed by atoms with E-state index in [2.05, 4.69) is 4.74 Å². The Morgan fingerprint density at radius 3 is 2.71 bits per heavy atom. The summed E-state index contributed by atoms with van der Waals surface area (Å²) in [5.74, 6) is -0.547. The predicted molar refractivity (Wildman–Crippen MR) is 55.4 cm³/mol. The van der Waals surface area contributed by atoms with Gasteiger partial charge in [0.15, 0.2) is 0 Å². The van der Waals surface area contributed by atoms with E-state index >= 15 is 0 Å². The second-order valence-corrected chi connectivity index (χ2v) is 3.51. The van der Waals surface area contributed by atoms with Crippen molar-refractivity contribution in [2.75, 3.05) is 7.11 Å². The smallest absolute Gasteiger partial charge is 0.327 e. The van der Waals surface area contributed by atoms with Crippen LogP contribution in [0.4, 0.5) is 0 Å². The van der Waals surface area contributed by atoms with Gasteiger partial charge in [-0.25, -0.2) is 0 Å². The molecule has 14 heavy (non-hydrogen) atoms. The van der Waals surface area contributed by atoms with Gasteiger partial charge in [0.25, 0.3) is 0 Å². The summed E-state index contributed by atoms with van der Waals surface area (Å²) >= 11 is 11.6. The molecule has 0 aliphatic rings. The van der Waals surface area contributed by atoms with Crippen LogP contribution >= 0.6 is 23.2 Å². The van der Waals surface area contributed by atoms with Gasteiger partial charge in [0.1, 0.15) is 6.04 Å². The lowest BCUT2D eigenvalue weighted by molar-refractivity contribution is -0.142. The zero-order valence-electron chi connectivity index (χ0n) is 7.46. The summed E-state index contributed by atoms with van der Waals surface area (Å²) in [6.45, 7) is 0. The van der Waals surface area contributed by atoms with Gasteiger partial charge < -0.3 is 10.5 Å². The van der Waals surface area contributed by atoms with Crippen molar-refractivity contribution in [3.8, 4) is 0 Å². The summed E-state index contributed by atoms with van der Waals surface area (Å²) in [7, 11) is 1.26. The minimum Gasteiger partial charge on any atom is -0.468 e. The molecule has 0 aliphatic carbocycles. The van der Waals surface area contributed by atoms with Gasteiger partial charge in [0.2, 0.25) is 0 Å². The van der Waals surface area contributed by atoms with Gasteiger partial charge in [-0.3, -0.25) is 4.79 Å². The molecule has 0 saturated carbocycles. The highest BCUT2D eigenvalue weighted by atomic mass is 35.5. The second kappa shape index (κ2) is 4.64. The summed E-state index contributed by atoms with van der Waals surface area (Å²) in [5, 5.41) is 0.871. The van der Waals surface area contributed by atoms with Crippen LogP contribution in [0, 0.1) is 0 Å². The van der Waals surface area contributed by atoms with Crippen LogP contribution in [0.1, 0.15) is 11.6 Å². The number of carbonyl (C=O) groups excluding carboxylic acids is 1. The van der Waals surface area contributed by atoms with Crippen molar-refractivity contribution in [1.82, 2.24) is 0 Å². The van der Waals surface area contributed by atoms with Crippen molar-refractivity contribution in [2.24, 2.45) is 5.73 Å². The molecule has 0 amide bonds. The SMILES string of the molecule is COC(=O)[C@@H](N)c1cc(Cl)ccc1Cl. The molecule has 0 radical (unpaired) electrons. The molecule has 0 aliphatic heterocycles. The first kappa shape index (κ1) is 11.3. The van der Waals surface area contributed by atoms with Crippen molar-refractivity contribution in [2.45, 2.75) is 6.04 Å². The maximum Gasteiger partial charge on any atom is 0.327 e. The number of ether oxygens (including phenoxy) is 1. The predicted octanol–water partition coefficient (Wildman–Crippen LogP) is 2.17. The van der Waals surface area contributed by atoms with Crippen molar-refractivity contribution >= 4 is 29.2 Å². The van der Waals surface area contributed by atoms with Gasteiger partial charge in [-0.15, -0.1) is 0 Å². The van der Waals surface area contributed by atoms with E-state index in [0.717, 1.165) is 0 Å². The third-order valence-electron chi connectivity index (χ3n) is 1.75. The van der Waals surface area contributed by atoms with Gasteiger partial charge >= 0.3 is 5.97 Å². The minimum atomic E-state index is -0.897. The van der Waals surface area contributed by atoms with Crippen LogP contribution < -0.4 is 5.73 Å². The summed E-state index contributed by atoms with van der Waals surface area (Å²) < 4.78 is 4.50. The Morgan fingerprint density at radius 2 is 2.14 bits per heavy atom. The van der Waals surface area contributed by atoms with Gasteiger partial charge in [-0.1, -0.05) is 23.2 Å². The highest BCUT2D eigenvalue weighted by molar-refractivity contribution is 6.33. The van der Waals surface area contributed by atoms with E-state index < -0.39 is 12.0 Å². The van der Waals surface area contributed by atoms with Crippen molar-refractivity contribution in [3.63, 3.8) is 0 Å². The lowest BCUT2D eigenvalue weighted by Crippen LogP contribution is -2.22. The van der Waals surface area contributed by atoms with Crippen LogP contribution in [-0.2, 0) is 9.53 Å². The average Bonchev–Trinajstić information content (AvgIpc) is 2.19. The molecule has 0 bridgehead atoms. The van der Waals surface area contributed by atoms with Crippen LogP contribution in [0.3, 0.4) is 0 Å². The molecule has 0 heterocycles. The van der Waals surface area contributed by atoms with E-state index in [9.17, 15) is 4.79 Å². The number of benzene rings is 1. The van der Waals surface area contributed by atoms with E-state index in [1.54, 1.807) is 18.2 Å². The lowest BCUT2D eigenvalue weighted by Gasteiger charge is -2.11. The molecule has 3 nitrogen and oxygen atoms in total. The molecular formula is C9H9Cl2NO2. The number of halogens is 2. The number of rotatable bonds is 2. The van der Waals surface area contributed by atoms with Gasteiger partial charge in [-0.2, -0.15) is 0 Å². The molecule has 0 aromatic heterocycles. The Balaban J connectivity index is 3.05. The van der Waals surface area contributed by atoms with Crippen molar-refractivity contribution in [3.05, 3.63) is 33.8 Å². The molecule has 0 unspecified atom stereocenters. The van der Waals surface area contributed by atoms with E-state index in [4.69, 9.17) is 28.9 Å². The molecule has 1 aromatic rings. The normalized spacial score (nSPS) is 12.3. The fourth-order valence-electron chi connectivity index (χ4n) is 1.01. The summed E-state index contributed by atoms with van der Waals surface area (Å²) in [6.07, 6.45) is 0. The van der Waals surface area contributed by atoms with Crippen LogP contribution in [0.25, 0.3) is 0 Å². The molecule has 0 spiro atoms. The van der Waals surface area contributed by atoms with Gasteiger partial charge in [0, 0.05) is 15.6 Å². The molecule has 5 heteroatoms. The molecule has 1 atom stereocenters. The highest BCUT2D eigenvalue weighted by Gasteiger charge is 2.19. The van der Waals surface area contributed by atoms with Crippen LogP contribution in [0.5, 0.6) is 0 Å². The van der Waals surface area contributed by atoms with Crippen molar-refractivity contribution in [1.29, 1.82) is 0 Å². The summed E-state index contributed by atoms with van der Waals surface area (Å²) in [6, 6.07) is 3.86. The molecule has 1 aromatic carbocycles. The van der Waals surface area contributed by atoms with Gasteiger partial charge in [0.05, 0.1) is 7.11 Å². The molecule has 76 valence electrons. The summed E-state index contributed by atoms with van der Waals surface area (Å²) in [5.41, 5.74) is 6.07. The largest absolute Gasteiger partial charge is 0.468 e. The van der Waals surface area contributed by atoms with Crippen LogP contribution in [0.15, 0.2) is 18.2 Å². The van der Waals surface area contributed by atoms with Crippen LogP contribution in [0.2, 0.25) is 10.0 Å². The zero-order valence-corrected chi connectivity index (χ0v) is 8.97. The van der Waals surface area contributed by atoms with Gasteiger partial charge in [-0.05, 0) is 18.2 Å². The average molecular weight is 234 g/mol. The minimum absolute atomic E-state index is 0.396. The van der Waals surface area contributed by atoms with E-state index in [0.29, 0.717) is 15.6 Å². The van der Waals surface area contributed by atoms with E-state index in [-0.39, 0.29) is 0 Å². The maximum atomic E-state index is 11.1. The molecule has 1 rings (SSSR count). The number of hydrogen-bond acceptors (Lipinski definition) is 3. The molecular weight excluding hydrogens is 225 g/mol. The zero-order chi connectivity index (χ0) is 10.7.